The Morgan fingerprint density at radius 1 is 1.18 bits per heavy atom. The number of nitrogens with zero attached hydrogens (tertiary/aromatic N) is 3. The third-order valence-corrected chi connectivity index (χ3v) is 7.10. The van der Waals surface area contributed by atoms with Gasteiger partial charge in [-0.25, -0.2) is 8.42 Å². The number of aromatic nitrogens is 2. The molecule has 3 aromatic rings. The molecule has 0 bridgehead atoms. The number of carbonyl (C=O) groups excluding carboxylic acids is 1. The zero-order valence-electron chi connectivity index (χ0n) is 15.0. The molecule has 0 aliphatic carbocycles. The molecule has 0 radical (unpaired) electrons. The molecule has 10 heteroatoms. The van der Waals surface area contributed by atoms with Crippen LogP contribution in [0.2, 0.25) is 0 Å². The average molecular weight is 419 g/mol. The Bertz CT molecular complexity index is 1100. The summed E-state index contributed by atoms with van der Waals surface area (Å²) in [5.74, 6) is 0.263. The second-order valence-electron chi connectivity index (χ2n) is 6.38. The van der Waals surface area contributed by atoms with E-state index in [1.54, 1.807) is 24.3 Å². The van der Waals surface area contributed by atoms with Gasteiger partial charge in [0.15, 0.2) is 0 Å². The van der Waals surface area contributed by atoms with Crippen LogP contribution in [0.25, 0.3) is 11.0 Å². The molecule has 1 aliphatic rings. The summed E-state index contributed by atoms with van der Waals surface area (Å²) in [5, 5.41) is 2.55. The fraction of sp³-hybridized carbons (Fsp3) is 0.278. The van der Waals surface area contributed by atoms with E-state index >= 15 is 0 Å². The molecule has 0 spiro atoms. The molecule has 1 fully saturated rings. The zero-order valence-corrected chi connectivity index (χ0v) is 16.6. The normalized spacial score (nSPS) is 20.3. The number of rotatable bonds is 5. The zero-order chi connectivity index (χ0) is 19.7. The van der Waals surface area contributed by atoms with Gasteiger partial charge in [0, 0.05) is 13.5 Å². The average Bonchev–Trinajstić information content (AvgIpc) is 3.35. The monoisotopic (exact) mass is 418 g/mol. The second-order valence-corrected chi connectivity index (χ2v) is 8.77. The van der Waals surface area contributed by atoms with Crippen LogP contribution in [0.5, 0.6) is 5.75 Å². The predicted molar refractivity (Wildman–Crippen MR) is 105 cm³/mol. The van der Waals surface area contributed by atoms with Crippen LogP contribution < -0.4 is 10.1 Å². The predicted octanol–water partition coefficient (Wildman–Crippen LogP) is 1.65. The van der Waals surface area contributed by atoms with Crippen LogP contribution in [-0.4, -0.2) is 53.1 Å². The minimum atomic E-state index is -3.97. The first-order chi connectivity index (χ1) is 13.5. The molecule has 2 aromatic carbocycles. The van der Waals surface area contributed by atoms with E-state index in [2.05, 4.69) is 14.1 Å². The van der Waals surface area contributed by atoms with Crippen molar-refractivity contribution in [3.05, 3.63) is 48.5 Å². The molecule has 146 valence electrons. The van der Waals surface area contributed by atoms with Gasteiger partial charge in [0.2, 0.25) is 15.9 Å². The van der Waals surface area contributed by atoms with E-state index in [0.29, 0.717) is 16.8 Å². The fourth-order valence-corrected chi connectivity index (χ4v) is 5.72. The van der Waals surface area contributed by atoms with E-state index in [4.69, 9.17) is 4.74 Å². The van der Waals surface area contributed by atoms with E-state index in [1.165, 1.54) is 17.4 Å². The summed E-state index contributed by atoms with van der Waals surface area (Å²) in [5.41, 5.74) is 0.828. The number of ether oxygens (including phenoxy) is 1. The number of para-hydroxylation sites is 1. The molecular formula is C18H18N4O4S2. The van der Waals surface area contributed by atoms with Gasteiger partial charge in [-0.05, 0) is 24.3 Å². The van der Waals surface area contributed by atoms with Gasteiger partial charge in [0.1, 0.15) is 33.8 Å². The van der Waals surface area contributed by atoms with Gasteiger partial charge in [-0.1, -0.05) is 24.3 Å². The Balaban J connectivity index is 1.69. The van der Waals surface area contributed by atoms with Crippen LogP contribution in [-0.2, 0) is 14.8 Å². The van der Waals surface area contributed by atoms with Crippen LogP contribution in [0.3, 0.4) is 0 Å². The summed E-state index contributed by atoms with van der Waals surface area (Å²) in [7, 11) is -2.48. The molecule has 1 saturated heterocycles. The highest BCUT2D eigenvalue weighted by Gasteiger charge is 2.45. The van der Waals surface area contributed by atoms with Gasteiger partial charge in [0.25, 0.3) is 0 Å². The fourth-order valence-electron chi connectivity index (χ4n) is 3.33. The maximum absolute atomic E-state index is 13.4. The summed E-state index contributed by atoms with van der Waals surface area (Å²) in [6.07, 6.45) is -0.175. The number of hydrogen-bond acceptors (Lipinski definition) is 7. The van der Waals surface area contributed by atoms with Crippen molar-refractivity contribution >= 4 is 38.7 Å². The largest absolute Gasteiger partial charge is 0.489 e. The highest BCUT2D eigenvalue weighted by atomic mass is 32.2. The van der Waals surface area contributed by atoms with Crippen LogP contribution >= 0.6 is 11.7 Å². The lowest BCUT2D eigenvalue weighted by Gasteiger charge is -2.22. The van der Waals surface area contributed by atoms with E-state index in [9.17, 15) is 13.2 Å². The molecule has 0 saturated carbocycles. The van der Waals surface area contributed by atoms with Gasteiger partial charge in [0.05, 0.1) is 18.3 Å². The SMILES string of the molecule is CNC(=O)[C@H]1C[C@H](Oc2ccccc2)CN1S(=O)(=O)c1cccc2nsnc12. The summed E-state index contributed by atoms with van der Waals surface area (Å²) < 4.78 is 42.2. The standard InChI is InChI=1S/C18H18N4O4S2/c1-19-18(23)15-10-13(26-12-6-3-2-4-7-12)11-22(15)28(24,25)16-9-5-8-14-17(16)21-27-20-14/h2-9,13,15H,10-11H2,1H3,(H,19,23)/t13-,15+/m0/s1. The third-order valence-electron chi connectivity index (χ3n) is 4.65. The van der Waals surface area contributed by atoms with E-state index in [1.807, 2.05) is 18.2 Å². The third kappa shape index (κ3) is 3.34. The van der Waals surface area contributed by atoms with E-state index < -0.39 is 22.2 Å². The summed E-state index contributed by atoms with van der Waals surface area (Å²) in [6.45, 7) is 0.0727. The highest BCUT2D eigenvalue weighted by molar-refractivity contribution is 7.89. The number of likely N-dealkylation sites (N-methyl/N-ethyl adjacent to an activating group) is 1. The minimum Gasteiger partial charge on any atom is -0.489 e. The molecule has 4 rings (SSSR count). The van der Waals surface area contributed by atoms with E-state index in [0.717, 1.165) is 11.7 Å². The van der Waals surface area contributed by atoms with Crippen molar-refractivity contribution in [1.82, 2.24) is 18.4 Å². The van der Waals surface area contributed by atoms with Crippen LogP contribution in [0.1, 0.15) is 6.42 Å². The lowest BCUT2D eigenvalue weighted by atomic mass is 10.2. The van der Waals surface area contributed by atoms with Gasteiger partial charge in [-0.2, -0.15) is 13.1 Å². The summed E-state index contributed by atoms with van der Waals surface area (Å²) in [6, 6.07) is 13.1. The van der Waals surface area contributed by atoms with Crippen molar-refractivity contribution in [2.45, 2.75) is 23.5 Å². The molecule has 2 atom stereocenters. The molecular weight excluding hydrogens is 400 g/mol. The van der Waals surface area contributed by atoms with Crippen molar-refractivity contribution < 1.29 is 17.9 Å². The molecule has 8 nitrogen and oxygen atoms in total. The molecule has 28 heavy (non-hydrogen) atoms. The van der Waals surface area contributed by atoms with Crippen molar-refractivity contribution in [2.24, 2.45) is 0 Å². The number of sulfonamides is 1. The molecule has 1 aliphatic heterocycles. The number of carbonyl (C=O) groups is 1. The van der Waals surface area contributed by atoms with Gasteiger partial charge in [-0.15, -0.1) is 0 Å². The Kier molecular flexibility index (Phi) is 5.00. The number of benzene rings is 2. The maximum Gasteiger partial charge on any atom is 0.246 e. The summed E-state index contributed by atoms with van der Waals surface area (Å²) in [4.78, 5) is 12.5. The van der Waals surface area contributed by atoms with Crippen molar-refractivity contribution in [1.29, 1.82) is 0 Å². The Morgan fingerprint density at radius 2 is 1.96 bits per heavy atom. The Hall–Kier alpha value is -2.56. The van der Waals surface area contributed by atoms with Crippen LogP contribution in [0.4, 0.5) is 0 Å². The van der Waals surface area contributed by atoms with Crippen LogP contribution in [0, 0.1) is 0 Å². The number of nitrogens with one attached hydrogen (secondary N) is 1. The van der Waals surface area contributed by atoms with Crippen molar-refractivity contribution in [2.75, 3.05) is 13.6 Å². The first-order valence-corrected chi connectivity index (χ1v) is 10.8. The van der Waals surface area contributed by atoms with Crippen molar-refractivity contribution in [3.63, 3.8) is 0 Å². The number of amides is 1. The smallest absolute Gasteiger partial charge is 0.246 e. The summed E-state index contributed by atoms with van der Waals surface area (Å²) >= 11 is 0.953. The number of hydrogen-bond donors (Lipinski definition) is 1. The van der Waals surface area contributed by atoms with Gasteiger partial charge < -0.3 is 10.1 Å². The highest BCUT2D eigenvalue weighted by Crippen LogP contribution is 2.31. The van der Waals surface area contributed by atoms with Crippen LogP contribution in [0.15, 0.2) is 53.4 Å². The first-order valence-electron chi connectivity index (χ1n) is 8.67. The minimum absolute atomic E-state index is 0.0491. The molecule has 1 N–H and O–H groups in total. The lowest BCUT2D eigenvalue weighted by Crippen LogP contribution is -2.44. The molecule has 1 amide bonds. The maximum atomic E-state index is 13.4. The lowest BCUT2D eigenvalue weighted by molar-refractivity contribution is -0.123. The van der Waals surface area contributed by atoms with E-state index in [-0.39, 0.29) is 23.8 Å². The Labute approximate surface area is 166 Å². The number of fused-ring (bicyclic) bond motifs is 1. The quantitative estimate of drug-likeness (QED) is 0.676. The molecule has 2 heterocycles. The van der Waals surface area contributed by atoms with Gasteiger partial charge in [-0.3, -0.25) is 4.79 Å². The van der Waals surface area contributed by atoms with Gasteiger partial charge >= 0.3 is 0 Å². The molecule has 1 aromatic heterocycles. The first kappa shape index (κ1) is 18.8. The topological polar surface area (TPSA) is 101 Å². The Morgan fingerprint density at radius 3 is 2.71 bits per heavy atom. The second kappa shape index (κ2) is 7.46. The van der Waals surface area contributed by atoms with Crippen molar-refractivity contribution in [3.8, 4) is 5.75 Å². The molecule has 0 unspecified atom stereocenters.